The molecule has 1 aliphatic carbocycles. The van der Waals surface area contributed by atoms with Crippen LogP contribution in [0.4, 0.5) is 0 Å². The van der Waals surface area contributed by atoms with Gasteiger partial charge >= 0.3 is 0 Å². The summed E-state index contributed by atoms with van der Waals surface area (Å²) in [5.41, 5.74) is 2.29. The molecule has 0 N–H and O–H groups in total. The monoisotopic (exact) mass is 244 g/mol. The zero-order valence-corrected chi connectivity index (χ0v) is 10.1. The van der Waals surface area contributed by atoms with Crippen LogP contribution in [-0.4, -0.2) is 5.78 Å². The van der Waals surface area contributed by atoms with Gasteiger partial charge in [0.25, 0.3) is 0 Å². The Bertz CT molecular complexity index is 733. The topological polar surface area (TPSA) is 17.1 Å². The number of Topliss-reactive ketones (excluding diaryl/α,β-unsaturated/α-hetero) is 1. The van der Waals surface area contributed by atoms with Crippen molar-refractivity contribution in [3.05, 3.63) is 34.0 Å². The predicted octanol–water partition coefficient (Wildman–Crippen LogP) is 4.24. The van der Waals surface area contributed by atoms with Gasteiger partial charge in [0.15, 0.2) is 5.78 Å². The van der Waals surface area contributed by atoms with E-state index in [-0.39, 0.29) is 0 Å². The number of hydrogen-bond acceptors (Lipinski definition) is 3. The molecule has 4 rings (SSSR count). The molecule has 1 aliphatic rings. The summed E-state index contributed by atoms with van der Waals surface area (Å²) in [5, 5.41) is 6.71. The maximum absolute atomic E-state index is 12.0. The van der Waals surface area contributed by atoms with E-state index in [1.165, 1.54) is 25.7 Å². The summed E-state index contributed by atoms with van der Waals surface area (Å²) < 4.78 is 2.65. The van der Waals surface area contributed by atoms with Crippen LogP contribution in [0.25, 0.3) is 20.2 Å². The number of thiophene rings is 2. The lowest BCUT2D eigenvalue weighted by Gasteiger charge is -2.02. The first kappa shape index (κ1) is 8.90. The second kappa shape index (κ2) is 2.93. The molecule has 2 heterocycles. The fourth-order valence-corrected chi connectivity index (χ4v) is 4.66. The molecule has 0 bridgehead atoms. The first-order valence-electron chi connectivity index (χ1n) is 5.28. The molecule has 0 spiro atoms. The maximum Gasteiger partial charge on any atom is 0.164 e. The quantitative estimate of drug-likeness (QED) is 0.578. The van der Waals surface area contributed by atoms with Crippen LogP contribution in [0.2, 0.25) is 0 Å². The first-order chi connectivity index (χ1) is 7.86. The van der Waals surface area contributed by atoms with Crippen molar-refractivity contribution in [3.8, 4) is 0 Å². The maximum atomic E-state index is 12.0. The van der Waals surface area contributed by atoms with Gasteiger partial charge in [-0.1, -0.05) is 0 Å². The van der Waals surface area contributed by atoms with Crippen LogP contribution in [0, 0.1) is 0 Å². The van der Waals surface area contributed by atoms with Crippen molar-refractivity contribution >= 4 is 48.6 Å². The van der Waals surface area contributed by atoms with Gasteiger partial charge in [0.2, 0.25) is 0 Å². The van der Waals surface area contributed by atoms with Gasteiger partial charge in [0.05, 0.1) is 9.40 Å². The Kier molecular flexibility index (Phi) is 1.63. The fraction of sp³-hybridized carbons (Fsp3) is 0.154. The van der Waals surface area contributed by atoms with E-state index >= 15 is 0 Å². The minimum atomic E-state index is 0.325. The Labute approximate surface area is 100 Å². The second-order valence-electron chi connectivity index (χ2n) is 4.10. The minimum absolute atomic E-state index is 0.325. The van der Waals surface area contributed by atoms with Crippen LogP contribution in [0.5, 0.6) is 0 Å². The summed E-state index contributed by atoms with van der Waals surface area (Å²) in [4.78, 5) is 12.0. The van der Waals surface area contributed by atoms with Gasteiger partial charge in [-0.2, -0.15) is 0 Å². The molecule has 0 fully saturated rings. The predicted molar refractivity (Wildman–Crippen MR) is 69.9 cm³/mol. The van der Waals surface area contributed by atoms with Crippen LogP contribution in [-0.2, 0) is 6.42 Å². The highest BCUT2D eigenvalue weighted by Gasteiger charge is 2.25. The molecule has 3 aromatic rings. The fourth-order valence-electron chi connectivity index (χ4n) is 2.64. The molecule has 2 aromatic heterocycles. The number of carbonyl (C=O) groups is 1. The van der Waals surface area contributed by atoms with E-state index in [2.05, 4.69) is 22.9 Å². The third-order valence-corrected chi connectivity index (χ3v) is 5.31. The molecule has 0 aliphatic heterocycles. The van der Waals surface area contributed by atoms with E-state index in [4.69, 9.17) is 0 Å². The van der Waals surface area contributed by atoms with Crippen molar-refractivity contribution < 1.29 is 4.79 Å². The van der Waals surface area contributed by atoms with Crippen molar-refractivity contribution in [1.29, 1.82) is 0 Å². The number of fused-ring (bicyclic) bond motifs is 6. The van der Waals surface area contributed by atoms with Crippen LogP contribution in [0.3, 0.4) is 0 Å². The summed E-state index contributed by atoms with van der Waals surface area (Å²) in [6, 6.07) is 4.26. The highest BCUT2D eigenvalue weighted by atomic mass is 32.1. The SMILES string of the molecule is O=C1CCc2c1c1ccsc1c1sccc21. The van der Waals surface area contributed by atoms with Crippen LogP contribution in [0.15, 0.2) is 22.9 Å². The highest BCUT2D eigenvalue weighted by molar-refractivity contribution is 7.25. The average molecular weight is 244 g/mol. The number of hydrogen-bond donors (Lipinski definition) is 0. The third-order valence-electron chi connectivity index (χ3n) is 3.31. The van der Waals surface area contributed by atoms with E-state index in [9.17, 15) is 4.79 Å². The van der Waals surface area contributed by atoms with Gasteiger partial charge < -0.3 is 0 Å². The summed E-state index contributed by atoms with van der Waals surface area (Å²) in [7, 11) is 0. The van der Waals surface area contributed by atoms with Crippen LogP contribution in [0.1, 0.15) is 22.3 Å². The number of aryl methyl sites for hydroxylation is 1. The van der Waals surface area contributed by atoms with Crippen LogP contribution < -0.4 is 0 Å². The molecule has 16 heavy (non-hydrogen) atoms. The van der Waals surface area contributed by atoms with E-state index < -0.39 is 0 Å². The van der Waals surface area contributed by atoms with Gasteiger partial charge in [0, 0.05) is 17.4 Å². The van der Waals surface area contributed by atoms with Crippen molar-refractivity contribution in [2.45, 2.75) is 12.8 Å². The second-order valence-corrected chi connectivity index (χ2v) is 5.94. The highest BCUT2D eigenvalue weighted by Crippen LogP contribution is 2.42. The molecule has 0 saturated heterocycles. The molecule has 1 nitrogen and oxygen atoms in total. The summed E-state index contributed by atoms with van der Waals surface area (Å²) in [5.74, 6) is 0.325. The normalized spacial score (nSPS) is 15.1. The molecule has 0 amide bonds. The zero-order chi connectivity index (χ0) is 10.7. The summed E-state index contributed by atoms with van der Waals surface area (Å²) in [6.45, 7) is 0. The van der Waals surface area contributed by atoms with E-state index in [0.29, 0.717) is 12.2 Å². The number of ketones is 1. The Balaban J connectivity index is 2.38. The van der Waals surface area contributed by atoms with Gasteiger partial charge in [-0.3, -0.25) is 4.79 Å². The van der Waals surface area contributed by atoms with E-state index in [1.807, 2.05) is 0 Å². The van der Waals surface area contributed by atoms with E-state index in [0.717, 1.165) is 12.0 Å². The van der Waals surface area contributed by atoms with Crippen molar-refractivity contribution in [1.82, 2.24) is 0 Å². The zero-order valence-electron chi connectivity index (χ0n) is 8.45. The summed E-state index contributed by atoms with van der Waals surface area (Å²) in [6.07, 6.45) is 1.61. The van der Waals surface area contributed by atoms with Gasteiger partial charge in [-0.05, 0) is 40.3 Å². The van der Waals surface area contributed by atoms with Crippen LogP contribution >= 0.6 is 22.7 Å². The van der Waals surface area contributed by atoms with Gasteiger partial charge in [-0.15, -0.1) is 22.7 Å². The Morgan fingerprint density at radius 2 is 1.62 bits per heavy atom. The molecule has 0 radical (unpaired) electrons. The molecular weight excluding hydrogens is 236 g/mol. The van der Waals surface area contributed by atoms with E-state index in [1.54, 1.807) is 22.7 Å². The lowest BCUT2D eigenvalue weighted by Crippen LogP contribution is -1.91. The first-order valence-corrected chi connectivity index (χ1v) is 7.04. The lowest BCUT2D eigenvalue weighted by molar-refractivity contribution is 0.0996. The Morgan fingerprint density at radius 3 is 2.44 bits per heavy atom. The number of benzene rings is 1. The molecule has 3 heteroatoms. The number of rotatable bonds is 0. The molecule has 1 aromatic carbocycles. The van der Waals surface area contributed by atoms with Gasteiger partial charge in [0.1, 0.15) is 0 Å². The molecule has 78 valence electrons. The van der Waals surface area contributed by atoms with Crippen molar-refractivity contribution in [2.24, 2.45) is 0 Å². The van der Waals surface area contributed by atoms with Crippen molar-refractivity contribution in [3.63, 3.8) is 0 Å². The smallest absolute Gasteiger partial charge is 0.164 e. The summed E-state index contributed by atoms with van der Waals surface area (Å²) >= 11 is 3.54. The van der Waals surface area contributed by atoms with Gasteiger partial charge in [-0.25, -0.2) is 0 Å². The molecule has 0 unspecified atom stereocenters. The lowest BCUT2D eigenvalue weighted by atomic mass is 10.0. The molecule has 0 saturated carbocycles. The Morgan fingerprint density at radius 1 is 0.938 bits per heavy atom. The standard InChI is InChI=1S/C13H8OS2/c14-10-2-1-7-8-3-5-15-12(8)13-9(11(7)10)4-6-16-13/h3-6H,1-2H2. The molecule has 0 atom stereocenters. The molecular formula is C13H8OS2. The average Bonchev–Trinajstić information content (AvgIpc) is 2.91. The Hall–Kier alpha value is -1.19. The largest absolute Gasteiger partial charge is 0.294 e. The van der Waals surface area contributed by atoms with Crippen molar-refractivity contribution in [2.75, 3.05) is 0 Å². The minimum Gasteiger partial charge on any atom is -0.294 e. The number of carbonyl (C=O) groups excluding carboxylic acids is 1. The third kappa shape index (κ3) is 0.931.